The van der Waals surface area contributed by atoms with E-state index in [0.29, 0.717) is 31.5 Å². The lowest BCUT2D eigenvalue weighted by atomic mass is 10.1. The Morgan fingerprint density at radius 3 is 2.69 bits per heavy atom. The van der Waals surface area contributed by atoms with Gasteiger partial charge in [-0.25, -0.2) is 4.98 Å². The fourth-order valence-corrected chi connectivity index (χ4v) is 2.60. The maximum absolute atomic E-state index is 5.70. The van der Waals surface area contributed by atoms with Gasteiger partial charge in [0.15, 0.2) is 5.96 Å². The lowest BCUT2D eigenvalue weighted by Crippen LogP contribution is -2.36. The highest BCUT2D eigenvalue weighted by atomic mass is 16.5. The van der Waals surface area contributed by atoms with Crippen LogP contribution in [-0.2, 0) is 25.9 Å². The van der Waals surface area contributed by atoms with Gasteiger partial charge in [-0.3, -0.25) is 4.99 Å². The second-order valence-corrected chi connectivity index (χ2v) is 5.83. The van der Waals surface area contributed by atoms with Crippen LogP contribution in [0.5, 0.6) is 5.88 Å². The quantitative estimate of drug-likeness (QED) is 0.529. The van der Waals surface area contributed by atoms with Crippen LogP contribution >= 0.6 is 0 Å². The van der Waals surface area contributed by atoms with Crippen molar-refractivity contribution in [2.45, 2.75) is 53.1 Å². The van der Waals surface area contributed by atoms with Gasteiger partial charge in [0, 0.05) is 43.9 Å². The van der Waals surface area contributed by atoms with E-state index in [-0.39, 0.29) is 0 Å². The first-order valence-corrected chi connectivity index (χ1v) is 9.20. The molecule has 0 aliphatic rings. The molecule has 0 unspecified atom stereocenters. The summed E-state index contributed by atoms with van der Waals surface area (Å²) in [5.41, 5.74) is 3.11. The van der Waals surface area contributed by atoms with Gasteiger partial charge >= 0.3 is 0 Å². The number of rotatable bonds is 9. The van der Waals surface area contributed by atoms with Crippen LogP contribution in [0.15, 0.2) is 27.8 Å². The molecule has 0 atom stereocenters. The highest BCUT2D eigenvalue weighted by molar-refractivity contribution is 5.79. The number of pyridine rings is 1. The van der Waals surface area contributed by atoms with Crippen LogP contribution in [0.2, 0.25) is 0 Å². The monoisotopic (exact) mass is 359 g/mol. The Hall–Kier alpha value is -2.57. The third-order valence-electron chi connectivity index (χ3n) is 4.00. The number of nitrogens with one attached hydrogen (secondary N) is 2. The van der Waals surface area contributed by atoms with Crippen molar-refractivity contribution in [2.24, 2.45) is 4.99 Å². The minimum absolute atomic E-state index is 0.581. The standard InChI is InChI=1S/C19H29N5O2/c1-5-11-25-18-14(9-8-10-21-18)12-22-19(20-4)23-13-15-16(6-2)24-26-17(15)7-3/h8-10H,5-7,11-13H2,1-4H3,(H2,20,22,23). The molecule has 7 nitrogen and oxygen atoms in total. The van der Waals surface area contributed by atoms with Gasteiger partial charge in [-0.1, -0.05) is 32.0 Å². The summed E-state index contributed by atoms with van der Waals surface area (Å²) in [7, 11) is 1.75. The number of nitrogens with zero attached hydrogens (tertiary/aromatic N) is 3. The molecule has 2 aromatic rings. The van der Waals surface area contributed by atoms with E-state index in [1.165, 1.54) is 0 Å². The Morgan fingerprint density at radius 1 is 1.19 bits per heavy atom. The summed E-state index contributed by atoms with van der Waals surface area (Å²) in [5.74, 6) is 2.30. The molecule has 2 N–H and O–H groups in total. The molecule has 0 bridgehead atoms. The molecule has 0 aliphatic carbocycles. The van der Waals surface area contributed by atoms with Crippen LogP contribution < -0.4 is 15.4 Å². The fourth-order valence-electron chi connectivity index (χ4n) is 2.60. The molecule has 7 heteroatoms. The van der Waals surface area contributed by atoms with Crippen molar-refractivity contribution < 1.29 is 9.26 Å². The molecule has 26 heavy (non-hydrogen) atoms. The summed E-state index contributed by atoms with van der Waals surface area (Å²) in [4.78, 5) is 8.60. The molecule has 2 rings (SSSR count). The predicted octanol–water partition coefficient (Wildman–Crippen LogP) is 2.85. The molecule has 2 heterocycles. The zero-order valence-corrected chi connectivity index (χ0v) is 16.1. The molecule has 0 saturated carbocycles. The smallest absolute Gasteiger partial charge is 0.218 e. The van der Waals surface area contributed by atoms with E-state index in [1.54, 1.807) is 13.2 Å². The van der Waals surface area contributed by atoms with Crippen LogP contribution in [0.4, 0.5) is 0 Å². The first-order valence-electron chi connectivity index (χ1n) is 9.20. The average Bonchev–Trinajstić information content (AvgIpc) is 3.09. The summed E-state index contributed by atoms with van der Waals surface area (Å²) in [6.07, 6.45) is 4.36. The Bertz CT molecular complexity index is 690. The van der Waals surface area contributed by atoms with Crippen molar-refractivity contribution >= 4 is 5.96 Å². The van der Waals surface area contributed by atoms with Crippen LogP contribution in [-0.4, -0.2) is 29.8 Å². The van der Waals surface area contributed by atoms with Crippen molar-refractivity contribution in [2.75, 3.05) is 13.7 Å². The zero-order valence-electron chi connectivity index (χ0n) is 16.1. The molecule has 0 aromatic carbocycles. The molecule has 0 saturated heterocycles. The molecule has 0 spiro atoms. The molecular formula is C19H29N5O2. The summed E-state index contributed by atoms with van der Waals surface area (Å²) in [6, 6.07) is 3.91. The fraction of sp³-hybridized carbons (Fsp3) is 0.526. The summed E-state index contributed by atoms with van der Waals surface area (Å²) in [5, 5.41) is 10.8. The van der Waals surface area contributed by atoms with Gasteiger partial charge in [0.1, 0.15) is 5.76 Å². The molecular weight excluding hydrogens is 330 g/mol. The Balaban J connectivity index is 1.96. The topological polar surface area (TPSA) is 84.6 Å². The lowest BCUT2D eigenvalue weighted by molar-refractivity contribution is 0.301. The summed E-state index contributed by atoms with van der Waals surface area (Å²) >= 11 is 0. The molecule has 0 fully saturated rings. The number of hydrogen-bond acceptors (Lipinski definition) is 5. The maximum atomic E-state index is 5.70. The van der Waals surface area contributed by atoms with Gasteiger partial charge in [-0.2, -0.15) is 0 Å². The summed E-state index contributed by atoms with van der Waals surface area (Å²) in [6.45, 7) is 8.08. The maximum Gasteiger partial charge on any atom is 0.218 e. The zero-order chi connectivity index (χ0) is 18.8. The highest BCUT2D eigenvalue weighted by Crippen LogP contribution is 2.16. The second kappa shape index (κ2) is 10.4. The van der Waals surface area contributed by atoms with E-state index in [0.717, 1.165) is 41.8 Å². The predicted molar refractivity (Wildman–Crippen MR) is 102 cm³/mol. The molecule has 0 radical (unpaired) electrons. The van der Waals surface area contributed by atoms with E-state index in [1.807, 2.05) is 12.1 Å². The first-order chi connectivity index (χ1) is 12.7. The van der Waals surface area contributed by atoms with E-state index < -0.39 is 0 Å². The largest absolute Gasteiger partial charge is 0.477 e. The number of ether oxygens (including phenoxy) is 1. The highest BCUT2D eigenvalue weighted by Gasteiger charge is 2.14. The number of aromatic nitrogens is 2. The van der Waals surface area contributed by atoms with Crippen molar-refractivity contribution in [3.63, 3.8) is 0 Å². The van der Waals surface area contributed by atoms with Crippen LogP contribution in [0.1, 0.15) is 49.8 Å². The van der Waals surface area contributed by atoms with Crippen molar-refractivity contribution in [3.05, 3.63) is 40.9 Å². The van der Waals surface area contributed by atoms with Gasteiger partial charge in [0.2, 0.25) is 5.88 Å². The number of guanidine groups is 1. The van der Waals surface area contributed by atoms with Crippen LogP contribution in [0.25, 0.3) is 0 Å². The summed E-state index contributed by atoms with van der Waals surface area (Å²) < 4.78 is 11.1. The average molecular weight is 359 g/mol. The number of aryl methyl sites for hydroxylation is 2. The minimum atomic E-state index is 0.581. The first kappa shape index (κ1) is 19.8. The van der Waals surface area contributed by atoms with E-state index in [9.17, 15) is 0 Å². The lowest BCUT2D eigenvalue weighted by Gasteiger charge is -2.14. The minimum Gasteiger partial charge on any atom is -0.477 e. The molecule has 0 amide bonds. The van der Waals surface area contributed by atoms with Gasteiger partial charge in [0.05, 0.1) is 12.3 Å². The third-order valence-corrected chi connectivity index (χ3v) is 4.00. The number of hydrogen-bond donors (Lipinski definition) is 2. The van der Waals surface area contributed by atoms with Gasteiger partial charge in [-0.05, 0) is 18.9 Å². The molecule has 0 aliphatic heterocycles. The Kier molecular flexibility index (Phi) is 7.92. The van der Waals surface area contributed by atoms with Crippen LogP contribution in [0, 0.1) is 0 Å². The van der Waals surface area contributed by atoms with Crippen LogP contribution in [0.3, 0.4) is 0 Å². The van der Waals surface area contributed by atoms with E-state index in [2.05, 4.69) is 46.5 Å². The van der Waals surface area contributed by atoms with Gasteiger partial charge in [-0.15, -0.1) is 0 Å². The second-order valence-electron chi connectivity index (χ2n) is 5.83. The van der Waals surface area contributed by atoms with Crippen molar-refractivity contribution in [3.8, 4) is 5.88 Å². The molecule has 2 aromatic heterocycles. The van der Waals surface area contributed by atoms with Gasteiger partial charge < -0.3 is 19.9 Å². The van der Waals surface area contributed by atoms with Crippen molar-refractivity contribution in [1.82, 2.24) is 20.8 Å². The Labute approximate surface area is 155 Å². The van der Waals surface area contributed by atoms with Crippen molar-refractivity contribution in [1.29, 1.82) is 0 Å². The Morgan fingerprint density at radius 2 is 2.00 bits per heavy atom. The van der Waals surface area contributed by atoms with E-state index in [4.69, 9.17) is 9.26 Å². The number of aliphatic imine (C=N–C) groups is 1. The van der Waals surface area contributed by atoms with Gasteiger partial charge in [0.25, 0.3) is 0 Å². The normalized spacial score (nSPS) is 11.5. The SMILES string of the molecule is CCCOc1ncccc1CNC(=NC)NCc1c(CC)noc1CC. The third kappa shape index (κ3) is 5.21. The molecule has 142 valence electrons. The van der Waals surface area contributed by atoms with E-state index >= 15 is 0 Å².